The average Bonchev–Trinajstić information content (AvgIpc) is 2.90. The highest BCUT2D eigenvalue weighted by Crippen LogP contribution is 2.23. The number of rotatable bonds is 2. The number of halogens is 1. The number of hydrogen-bond acceptors (Lipinski definition) is 2. The van der Waals surface area contributed by atoms with Crippen molar-refractivity contribution in [2.24, 2.45) is 0 Å². The lowest BCUT2D eigenvalue weighted by Crippen LogP contribution is -1.84. The molecule has 1 N–H and O–H groups in total. The molecule has 18 heavy (non-hydrogen) atoms. The van der Waals surface area contributed by atoms with Gasteiger partial charge in [-0.25, -0.2) is 9.37 Å². The minimum atomic E-state index is -0.262. The Balaban J connectivity index is 2.03. The molecule has 0 fully saturated rings. The quantitative estimate of drug-likeness (QED) is 0.745. The van der Waals surface area contributed by atoms with Gasteiger partial charge in [-0.15, -0.1) is 0 Å². The van der Waals surface area contributed by atoms with Crippen molar-refractivity contribution in [1.29, 1.82) is 0 Å². The second-order valence-corrected chi connectivity index (χ2v) is 3.86. The third kappa shape index (κ3) is 1.88. The topological polar surface area (TPSA) is 41.6 Å². The van der Waals surface area contributed by atoms with E-state index in [4.69, 9.17) is 0 Å². The van der Waals surface area contributed by atoms with Gasteiger partial charge >= 0.3 is 0 Å². The third-order valence-corrected chi connectivity index (χ3v) is 2.69. The van der Waals surface area contributed by atoms with Crippen LogP contribution in [-0.2, 0) is 0 Å². The van der Waals surface area contributed by atoms with Crippen molar-refractivity contribution in [2.45, 2.75) is 0 Å². The van der Waals surface area contributed by atoms with Crippen molar-refractivity contribution in [1.82, 2.24) is 15.0 Å². The van der Waals surface area contributed by atoms with Crippen molar-refractivity contribution in [3.8, 4) is 22.6 Å². The Kier molecular flexibility index (Phi) is 2.61. The molecule has 0 aliphatic rings. The first-order valence-corrected chi connectivity index (χ1v) is 5.55. The fourth-order valence-corrected chi connectivity index (χ4v) is 1.79. The molecule has 2 aromatic heterocycles. The zero-order valence-electron chi connectivity index (χ0n) is 9.47. The fourth-order valence-electron chi connectivity index (χ4n) is 1.79. The number of pyridine rings is 1. The summed E-state index contributed by atoms with van der Waals surface area (Å²) in [5.74, 6) is 0.443. The van der Waals surface area contributed by atoms with Crippen LogP contribution < -0.4 is 0 Å². The summed E-state index contributed by atoms with van der Waals surface area (Å²) in [6, 6.07) is 10.3. The maximum absolute atomic E-state index is 13.6. The Hall–Kier alpha value is -2.49. The monoisotopic (exact) mass is 239 g/mol. The van der Waals surface area contributed by atoms with Crippen LogP contribution in [0.25, 0.3) is 22.6 Å². The molecule has 4 heteroatoms. The van der Waals surface area contributed by atoms with Crippen LogP contribution in [0.4, 0.5) is 4.39 Å². The molecule has 0 amide bonds. The van der Waals surface area contributed by atoms with Gasteiger partial charge in [-0.2, -0.15) is 0 Å². The number of benzene rings is 1. The second kappa shape index (κ2) is 4.41. The first-order chi connectivity index (χ1) is 8.84. The smallest absolute Gasteiger partial charge is 0.137 e. The Bertz CT molecular complexity index is 662. The normalized spacial score (nSPS) is 10.5. The highest BCUT2D eigenvalue weighted by molar-refractivity contribution is 5.64. The van der Waals surface area contributed by atoms with Gasteiger partial charge in [-0.05, 0) is 24.3 Å². The van der Waals surface area contributed by atoms with Crippen LogP contribution in [0.3, 0.4) is 0 Å². The standard InChI is InChI=1S/C14H10FN3/c15-12-4-2-1-3-11(12)13-9-17-14(18-13)10-5-7-16-8-6-10/h1-9H,(H,17,18). The van der Waals surface area contributed by atoms with Crippen molar-refractivity contribution < 1.29 is 4.39 Å². The summed E-state index contributed by atoms with van der Waals surface area (Å²) in [4.78, 5) is 11.3. The maximum atomic E-state index is 13.6. The van der Waals surface area contributed by atoms with Crippen LogP contribution in [0.15, 0.2) is 55.0 Å². The van der Waals surface area contributed by atoms with Gasteiger partial charge in [-0.1, -0.05) is 12.1 Å². The second-order valence-electron chi connectivity index (χ2n) is 3.86. The van der Waals surface area contributed by atoms with E-state index in [2.05, 4.69) is 15.0 Å². The predicted octanol–water partition coefficient (Wildman–Crippen LogP) is 3.28. The van der Waals surface area contributed by atoms with E-state index in [9.17, 15) is 4.39 Å². The Morgan fingerprint density at radius 3 is 2.56 bits per heavy atom. The van der Waals surface area contributed by atoms with Gasteiger partial charge in [0, 0.05) is 23.5 Å². The molecule has 0 aliphatic heterocycles. The summed E-state index contributed by atoms with van der Waals surface area (Å²) >= 11 is 0. The van der Waals surface area contributed by atoms with Crippen LogP contribution >= 0.6 is 0 Å². The summed E-state index contributed by atoms with van der Waals surface area (Å²) in [5, 5.41) is 0. The predicted molar refractivity (Wildman–Crippen MR) is 67.2 cm³/mol. The minimum absolute atomic E-state index is 0.262. The summed E-state index contributed by atoms with van der Waals surface area (Å²) in [6.45, 7) is 0. The number of aromatic nitrogens is 3. The molecule has 0 radical (unpaired) electrons. The molecule has 0 atom stereocenters. The van der Waals surface area contributed by atoms with Gasteiger partial charge in [0.15, 0.2) is 0 Å². The van der Waals surface area contributed by atoms with E-state index >= 15 is 0 Å². The van der Waals surface area contributed by atoms with Gasteiger partial charge in [0.2, 0.25) is 0 Å². The number of nitrogens with zero attached hydrogens (tertiary/aromatic N) is 2. The zero-order valence-corrected chi connectivity index (χ0v) is 9.47. The highest BCUT2D eigenvalue weighted by atomic mass is 19.1. The summed E-state index contributed by atoms with van der Waals surface area (Å²) in [5.41, 5.74) is 2.11. The van der Waals surface area contributed by atoms with Gasteiger partial charge < -0.3 is 4.98 Å². The molecule has 0 saturated heterocycles. The largest absolute Gasteiger partial charge is 0.338 e. The van der Waals surface area contributed by atoms with Crippen molar-refractivity contribution in [3.05, 3.63) is 60.8 Å². The first kappa shape index (κ1) is 10.7. The lowest BCUT2D eigenvalue weighted by molar-refractivity contribution is 0.631. The van der Waals surface area contributed by atoms with Gasteiger partial charge in [0.05, 0.1) is 11.9 Å². The van der Waals surface area contributed by atoms with Crippen LogP contribution in [0.1, 0.15) is 0 Å². The maximum Gasteiger partial charge on any atom is 0.137 e. The molecular weight excluding hydrogens is 229 g/mol. The molecule has 88 valence electrons. The van der Waals surface area contributed by atoms with E-state index in [0.717, 1.165) is 5.56 Å². The van der Waals surface area contributed by atoms with E-state index in [0.29, 0.717) is 17.1 Å². The molecule has 0 unspecified atom stereocenters. The summed E-state index contributed by atoms with van der Waals surface area (Å²) < 4.78 is 13.6. The van der Waals surface area contributed by atoms with Crippen LogP contribution in [-0.4, -0.2) is 15.0 Å². The van der Waals surface area contributed by atoms with E-state index in [-0.39, 0.29) is 5.82 Å². The molecule has 0 aliphatic carbocycles. The Morgan fingerprint density at radius 1 is 1.00 bits per heavy atom. The van der Waals surface area contributed by atoms with Crippen LogP contribution in [0.5, 0.6) is 0 Å². The highest BCUT2D eigenvalue weighted by Gasteiger charge is 2.08. The van der Waals surface area contributed by atoms with Crippen molar-refractivity contribution in [3.63, 3.8) is 0 Å². The fraction of sp³-hybridized carbons (Fsp3) is 0. The summed E-state index contributed by atoms with van der Waals surface area (Å²) in [6.07, 6.45) is 5.02. The molecule has 0 spiro atoms. The SMILES string of the molecule is Fc1ccccc1-c1cnc(-c2ccncc2)[nH]1. The van der Waals surface area contributed by atoms with Gasteiger partial charge in [-0.3, -0.25) is 4.98 Å². The molecule has 1 aromatic carbocycles. The number of imidazole rings is 1. The Labute approximate surface area is 103 Å². The number of H-pyrrole nitrogens is 1. The van der Waals surface area contributed by atoms with Gasteiger partial charge in [0.1, 0.15) is 11.6 Å². The van der Waals surface area contributed by atoms with E-state index in [1.54, 1.807) is 36.8 Å². The molecule has 2 heterocycles. The zero-order chi connectivity index (χ0) is 12.4. The molecule has 3 aromatic rings. The number of aromatic amines is 1. The molecular formula is C14H10FN3. The average molecular weight is 239 g/mol. The van der Waals surface area contributed by atoms with Crippen LogP contribution in [0, 0.1) is 5.82 Å². The van der Waals surface area contributed by atoms with Crippen LogP contribution in [0.2, 0.25) is 0 Å². The van der Waals surface area contributed by atoms with E-state index in [1.165, 1.54) is 6.07 Å². The summed E-state index contributed by atoms with van der Waals surface area (Å²) in [7, 11) is 0. The van der Waals surface area contributed by atoms with Gasteiger partial charge in [0.25, 0.3) is 0 Å². The minimum Gasteiger partial charge on any atom is -0.338 e. The molecule has 3 nitrogen and oxygen atoms in total. The number of nitrogens with one attached hydrogen (secondary N) is 1. The third-order valence-electron chi connectivity index (χ3n) is 2.69. The van der Waals surface area contributed by atoms with Crippen molar-refractivity contribution in [2.75, 3.05) is 0 Å². The lowest BCUT2D eigenvalue weighted by atomic mass is 10.1. The van der Waals surface area contributed by atoms with Crippen molar-refractivity contribution >= 4 is 0 Å². The molecule has 0 saturated carbocycles. The van der Waals surface area contributed by atoms with E-state index in [1.807, 2.05) is 12.1 Å². The Morgan fingerprint density at radius 2 is 1.78 bits per heavy atom. The molecule has 0 bridgehead atoms. The first-order valence-electron chi connectivity index (χ1n) is 5.55. The molecule has 3 rings (SSSR count). The number of hydrogen-bond donors (Lipinski definition) is 1. The lowest BCUT2D eigenvalue weighted by Gasteiger charge is -1.99. The van der Waals surface area contributed by atoms with E-state index < -0.39 is 0 Å².